The number of aryl methyl sites for hydroxylation is 2. The lowest BCUT2D eigenvalue weighted by Crippen LogP contribution is -2.30. The molecule has 0 radical (unpaired) electrons. The summed E-state index contributed by atoms with van der Waals surface area (Å²) in [5, 5.41) is 8.68. The molecule has 2 heterocycles. The van der Waals surface area contributed by atoms with Crippen molar-refractivity contribution < 1.29 is 0 Å². The first-order chi connectivity index (χ1) is 12.1. The van der Waals surface area contributed by atoms with Crippen LogP contribution in [-0.2, 0) is 19.5 Å². The molecule has 1 aliphatic heterocycles. The van der Waals surface area contributed by atoms with E-state index in [1.165, 1.54) is 22.4 Å². The minimum Gasteiger partial charge on any atom is -0.294 e. The molecule has 1 N–H and O–H groups in total. The molecule has 4 heteroatoms. The highest BCUT2D eigenvalue weighted by Gasteiger charge is 2.23. The van der Waals surface area contributed by atoms with Crippen LogP contribution in [0, 0.1) is 13.8 Å². The molecule has 2 aromatic carbocycles. The Kier molecular flexibility index (Phi) is 4.36. The van der Waals surface area contributed by atoms with Gasteiger partial charge in [0.2, 0.25) is 0 Å². The normalized spacial score (nSPS) is 14.5. The lowest BCUT2D eigenvalue weighted by molar-refractivity contribution is 0.245. The maximum atomic E-state index is 6.37. The number of nitrogens with zero attached hydrogens (tertiary/aromatic N) is 2. The van der Waals surface area contributed by atoms with Crippen molar-refractivity contribution in [2.45, 2.75) is 33.4 Å². The van der Waals surface area contributed by atoms with Crippen LogP contribution in [-0.4, -0.2) is 21.6 Å². The first kappa shape index (κ1) is 16.4. The third-order valence-corrected chi connectivity index (χ3v) is 5.43. The zero-order valence-corrected chi connectivity index (χ0v) is 15.4. The van der Waals surface area contributed by atoms with Gasteiger partial charge in [0, 0.05) is 47.9 Å². The van der Waals surface area contributed by atoms with Crippen LogP contribution in [0.5, 0.6) is 0 Å². The maximum absolute atomic E-state index is 6.37. The Hall–Kier alpha value is -2.10. The van der Waals surface area contributed by atoms with Gasteiger partial charge in [-0.2, -0.15) is 5.10 Å². The molecule has 25 heavy (non-hydrogen) atoms. The van der Waals surface area contributed by atoms with Crippen LogP contribution < -0.4 is 0 Å². The fourth-order valence-corrected chi connectivity index (χ4v) is 3.79. The predicted octanol–water partition coefficient (Wildman–Crippen LogP) is 4.91. The highest BCUT2D eigenvalue weighted by atomic mass is 35.5. The van der Waals surface area contributed by atoms with E-state index in [1.807, 2.05) is 6.92 Å². The zero-order valence-electron chi connectivity index (χ0n) is 14.6. The molecular weight excluding hydrogens is 330 g/mol. The molecule has 0 fully saturated rings. The topological polar surface area (TPSA) is 31.9 Å². The van der Waals surface area contributed by atoms with Crippen molar-refractivity contribution in [1.82, 2.24) is 15.1 Å². The van der Waals surface area contributed by atoms with Gasteiger partial charge in [-0.25, -0.2) is 0 Å². The average molecular weight is 352 g/mol. The van der Waals surface area contributed by atoms with Gasteiger partial charge in [0.15, 0.2) is 0 Å². The second kappa shape index (κ2) is 6.66. The van der Waals surface area contributed by atoms with E-state index in [9.17, 15) is 0 Å². The standard InChI is InChI=1S/C21H22ClN3/c1-14-10-15(2)19(22)11-17(14)21-18-13-25(9-8-20(18)23-24-21)12-16-6-4-3-5-7-16/h3-7,10-11H,8-9,12-13H2,1-2H3,(H,23,24). The smallest absolute Gasteiger partial charge is 0.0971 e. The summed E-state index contributed by atoms with van der Waals surface area (Å²) in [7, 11) is 0. The van der Waals surface area contributed by atoms with Crippen molar-refractivity contribution in [3.05, 3.63) is 75.4 Å². The zero-order chi connectivity index (χ0) is 17.4. The van der Waals surface area contributed by atoms with Crippen LogP contribution in [0.25, 0.3) is 11.3 Å². The van der Waals surface area contributed by atoms with E-state index in [2.05, 4.69) is 64.5 Å². The molecule has 3 nitrogen and oxygen atoms in total. The first-order valence-corrected chi connectivity index (χ1v) is 9.09. The number of halogens is 1. The molecule has 1 aromatic heterocycles. The van der Waals surface area contributed by atoms with Crippen LogP contribution in [0.2, 0.25) is 5.02 Å². The Morgan fingerprint density at radius 1 is 1.12 bits per heavy atom. The van der Waals surface area contributed by atoms with Gasteiger partial charge in [-0.1, -0.05) is 48.0 Å². The molecule has 0 amide bonds. The summed E-state index contributed by atoms with van der Waals surface area (Å²) in [6, 6.07) is 14.8. The fourth-order valence-electron chi connectivity index (χ4n) is 3.63. The van der Waals surface area contributed by atoms with Crippen LogP contribution >= 0.6 is 11.6 Å². The summed E-state index contributed by atoms with van der Waals surface area (Å²) in [4.78, 5) is 2.49. The molecule has 0 saturated heterocycles. The van der Waals surface area contributed by atoms with Crippen LogP contribution in [0.15, 0.2) is 42.5 Å². The highest BCUT2D eigenvalue weighted by Crippen LogP contribution is 2.33. The van der Waals surface area contributed by atoms with E-state index in [4.69, 9.17) is 11.6 Å². The summed E-state index contributed by atoms with van der Waals surface area (Å²) in [6.45, 7) is 7.11. The third-order valence-electron chi connectivity index (χ3n) is 5.02. The second-order valence-corrected chi connectivity index (χ2v) is 7.30. The van der Waals surface area contributed by atoms with Gasteiger partial charge >= 0.3 is 0 Å². The van der Waals surface area contributed by atoms with E-state index in [0.717, 1.165) is 47.9 Å². The average Bonchev–Trinajstić information content (AvgIpc) is 3.02. The summed E-state index contributed by atoms with van der Waals surface area (Å²) in [6.07, 6.45) is 1.01. The Morgan fingerprint density at radius 2 is 1.92 bits per heavy atom. The fraction of sp³-hybridized carbons (Fsp3) is 0.286. The number of aromatic amines is 1. The summed E-state index contributed by atoms with van der Waals surface area (Å²) in [5.74, 6) is 0. The number of nitrogens with one attached hydrogen (secondary N) is 1. The van der Waals surface area contributed by atoms with Crippen molar-refractivity contribution in [3.8, 4) is 11.3 Å². The SMILES string of the molecule is Cc1cc(C)c(-c2n[nH]c3c2CN(Cc2ccccc2)CC3)cc1Cl. The molecular formula is C21H22ClN3. The Bertz CT molecular complexity index is 899. The number of H-pyrrole nitrogens is 1. The number of hydrogen-bond donors (Lipinski definition) is 1. The Morgan fingerprint density at radius 3 is 2.72 bits per heavy atom. The van der Waals surface area contributed by atoms with Crippen LogP contribution in [0.1, 0.15) is 27.9 Å². The van der Waals surface area contributed by atoms with Crippen molar-refractivity contribution in [1.29, 1.82) is 0 Å². The third kappa shape index (κ3) is 3.22. The minimum absolute atomic E-state index is 0.800. The van der Waals surface area contributed by atoms with Gasteiger partial charge in [-0.05, 0) is 36.6 Å². The molecule has 0 unspecified atom stereocenters. The number of benzene rings is 2. The van der Waals surface area contributed by atoms with E-state index in [0.29, 0.717) is 0 Å². The van der Waals surface area contributed by atoms with E-state index in [1.54, 1.807) is 0 Å². The molecule has 0 bridgehead atoms. The molecule has 4 rings (SSSR count). The molecule has 0 saturated carbocycles. The lowest BCUT2D eigenvalue weighted by Gasteiger charge is -2.27. The van der Waals surface area contributed by atoms with Crippen molar-refractivity contribution in [2.75, 3.05) is 6.54 Å². The highest BCUT2D eigenvalue weighted by molar-refractivity contribution is 6.31. The van der Waals surface area contributed by atoms with Crippen molar-refractivity contribution in [2.24, 2.45) is 0 Å². The lowest BCUT2D eigenvalue weighted by atomic mass is 9.96. The predicted molar refractivity (Wildman–Crippen MR) is 103 cm³/mol. The van der Waals surface area contributed by atoms with Crippen molar-refractivity contribution in [3.63, 3.8) is 0 Å². The van der Waals surface area contributed by atoms with Gasteiger partial charge in [0.05, 0.1) is 5.69 Å². The molecule has 0 atom stereocenters. The molecule has 0 aliphatic carbocycles. The Balaban J connectivity index is 1.65. The summed E-state index contributed by atoms with van der Waals surface area (Å²) in [5.41, 5.74) is 8.43. The molecule has 3 aromatic rings. The minimum atomic E-state index is 0.800. The molecule has 0 spiro atoms. The van der Waals surface area contributed by atoms with Gasteiger partial charge in [-0.3, -0.25) is 10.00 Å². The Labute approximate surface area is 153 Å². The van der Waals surface area contributed by atoms with Gasteiger partial charge < -0.3 is 0 Å². The monoisotopic (exact) mass is 351 g/mol. The summed E-state index contributed by atoms with van der Waals surface area (Å²) >= 11 is 6.37. The van der Waals surface area contributed by atoms with Crippen LogP contribution in [0.3, 0.4) is 0 Å². The van der Waals surface area contributed by atoms with E-state index < -0.39 is 0 Å². The maximum Gasteiger partial charge on any atom is 0.0971 e. The summed E-state index contributed by atoms with van der Waals surface area (Å²) < 4.78 is 0. The van der Waals surface area contributed by atoms with Crippen molar-refractivity contribution >= 4 is 11.6 Å². The van der Waals surface area contributed by atoms with E-state index >= 15 is 0 Å². The first-order valence-electron chi connectivity index (χ1n) is 8.71. The van der Waals surface area contributed by atoms with Gasteiger partial charge in [-0.15, -0.1) is 0 Å². The van der Waals surface area contributed by atoms with Gasteiger partial charge in [0.25, 0.3) is 0 Å². The number of hydrogen-bond acceptors (Lipinski definition) is 2. The molecule has 128 valence electrons. The van der Waals surface area contributed by atoms with Gasteiger partial charge in [0.1, 0.15) is 0 Å². The number of fused-ring (bicyclic) bond motifs is 1. The molecule has 1 aliphatic rings. The van der Waals surface area contributed by atoms with E-state index in [-0.39, 0.29) is 0 Å². The number of rotatable bonds is 3. The second-order valence-electron chi connectivity index (χ2n) is 6.89. The quantitative estimate of drug-likeness (QED) is 0.727. The number of aromatic nitrogens is 2. The largest absolute Gasteiger partial charge is 0.294 e. The van der Waals surface area contributed by atoms with Crippen LogP contribution in [0.4, 0.5) is 0 Å².